The lowest BCUT2D eigenvalue weighted by Gasteiger charge is -2.32. The van der Waals surface area contributed by atoms with Gasteiger partial charge in [-0.15, -0.1) is 0 Å². The van der Waals surface area contributed by atoms with E-state index in [0.29, 0.717) is 35.7 Å². The summed E-state index contributed by atoms with van der Waals surface area (Å²) in [6.45, 7) is 2.85. The molecule has 1 aromatic carbocycles. The zero-order valence-electron chi connectivity index (χ0n) is 16.4. The molecule has 1 fully saturated rings. The van der Waals surface area contributed by atoms with Gasteiger partial charge in [-0.3, -0.25) is 19.9 Å². The van der Waals surface area contributed by atoms with E-state index >= 15 is 0 Å². The van der Waals surface area contributed by atoms with Gasteiger partial charge in [0.15, 0.2) is 5.82 Å². The highest BCUT2D eigenvalue weighted by Gasteiger charge is 2.25. The minimum Gasteiger partial charge on any atom is -0.336 e. The van der Waals surface area contributed by atoms with Crippen LogP contribution in [-0.2, 0) is 0 Å². The van der Waals surface area contributed by atoms with Crippen molar-refractivity contribution >= 4 is 11.6 Å². The van der Waals surface area contributed by atoms with Crippen molar-refractivity contribution in [2.24, 2.45) is 0 Å². The minimum absolute atomic E-state index is 0.0193. The topological polar surface area (TPSA) is 105 Å². The molecule has 0 saturated carbocycles. The summed E-state index contributed by atoms with van der Waals surface area (Å²) in [6.07, 6.45) is 4.83. The molecule has 30 heavy (non-hydrogen) atoms. The maximum Gasteiger partial charge on any atom is 0.269 e. The molecule has 152 valence electrons. The summed E-state index contributed by atoms with van der Waals surface area (Å²) in [5, 5.41) is 11.0. The second-order valence-corrected chi connectivity index (χ2v) is 7.09. The fraction of sp³-hybridized carbons (Fsp3) is 0.238. The van der Waals surface area contributed by atoms with Crippen molar-refractivity contribution in [1.82, 2.24) is 24.8 Å². The van der Waals surface area contributed by atoms with Crippen LogP contribution in [0.25, 0.3) is 22.6 Å². The Kier molecular flexibility index (Phi) is 5.44. The second-order valence-electron chi connectivity index (χ2n) is 7.09. The number of aromatic nitrogens is 3. The molecule has 0 spiro atoms. The van der Waals surface area contributed by atoms with Gasteiger partial charge in [0, 0.05) is 68.0 Å². The van der Waals surface area contributed by atoms with E-state index in [9.17, 15) is 14.9 Å². The smallest absolute Gasteiger partial charge is 0.269 e. The quantitative estimate of drug-likeness (QED) is 0.486. The Labute approximate surface area is 173 Å². The zero-order valence-corrected chi connectivity index (χ0v) is 16.4. The fourth-order valence-electron chi connectivity index (χ4n) is 3.32. The van der Waals surface area contributed by atoms with E-state index in [1.54, 1.807) is 47.8 Å². The van der Waals surface area contributed by atoms with Crippen molar-refractivity contribution in [3.8, 4) is 22.6 Å². The van der Waals surface area contributed by atoms with E-state index in [1.165, 1.54) is 12.1 Å². The third-order valence-corrected chi connectivity index (χ3v) is 5.10. The average Bonchev–Trinajstić information content (AvgIpc) is 2.79. The lowest BCUT2D eigenvalue weighted by molar-refractivity contribution is -0.384. The highest BCUT2D eigenvalue weighted by molar-refractivity contribution is 6.00. The van der Waals surface area contributed by atoms with Crippen LogP contribution in [0.4, 0.5) is 5.69 Å². The number of piperazine rings is 1. The molecule has 0 N–H and O–H groups in total. The van der Waals surface area contributed by atoms with Gasteiger partial charge in [-0.05, 0) is 31.3 Å². The summed E-state index contributed by atoms with van der Waals surface area (Å²) >= 11 is 0. The number of non-ortho nitro benzene ring substituents is 1. The van der Waals surface area contributed by atoms with E-state index in [1.807, 2.05) is 7.05 Å². The molecular formula is C21H20N6O3. The standard InChI is InChI=1S/C21H20N6O3/c1-25-10-12-26(13-11-25)21(28)18-14-23-20(16-6-8-22-9-7-16)24-19(18)15-2-4-17(5-3-15)27(29)30/h2-9,14H,10-13H2,1H3. The monoisotopic (exact) mass is 404 g/mol. The summed E-state index contributed by atoms with van der Waals surface area (Å²) in [7, 11) is 2.02. The summed E-state index contributed by atoms with van der Waals surface area (Å²) in [6, 6.07) is 9.62. The number of hydrogen-bond donors (Lipinski definition) is 0. The predicted octanol–water partition coefficient (Wildman–Crippen LogP) is 2.50. The van der Waals surface area contributed by atoms with E-state index < -0.39 is 4.92 Å². The van der Waals surface area contributed by atoms with Gasteiger partial charge < -0.3 is 9.80 Å². The van der Waals surface area contributed by atoms with Crippen LogP contribution in [0.3, 0.4) is 0 Å². The van der Waals surface area contributed by atoms with Crippen molar-refractivity contribution in [2.75, 3.05) is 33.2 Å². The number of rotatable bonds is 4. The number of nitrogens with zero attached hydrogens (tertiary/aromatic N) is 6. The molecule has 0 bridgehead atoms. The molecule has 9 heteroatoms. The van der Waals surface area contributed by atoms with Gasteiger partial charge in [-0.25, -0.2) is 9.97 Å². The van der Waals surface area contributed by atoms with E-state index in [4.69, 9.17) is 0 Å². The van der Waals surface area contributed by atoms with Gasteiger partial charge in [0.05, 0.1) is 16.2 Å². The summed E-state index contributed by atoms with van der Waals surface area (Å²) in [5.41, 5.74) is 2.21. The van der Waals surface area contributed by atoms with Crippen molar-refractivity contribution < 1.29 is 9.72 Å². The van der Waals surface area contributed by atoms with E-state index in [0.717, 1.165) is 18.7 Å². The van der Waals surface area contributed by atoms with Crippen molar-refractivity contribution in [1.29, 1.82) is 0 Å². The Morgan fingerprint density at radius 3 is 2.30 bits per heavy atom. The SMILES string of the molecule is CN1CCN(C(=O)c2cnc(-c3ccncc3)nc2-c2ccc([N+](=O)[O-])cc2)CC1. The lowest BCUT2D eigenvalue weighted by Crippen LogP contribution is -2.47. The molecule has 1 saturated heterocycles. The third-order valence-electron chi connectivity index (χ3n) is 5.10. The number of carbonyl (C=O) groups excluding carboxylic acids is 1. The largest absolute Gasteiger partial charge is 0.336 e. The summed E-state index contributed by atoms with van der Waals surface area (Å²) in [5.74, 6) is 0.318. The highest BCUT2D eigenvalue weighted by atomic mass is 16.6. The van der Waals surface area contributed by atoms with Gasteiger partial charge in [-0.1, -0.05) is 0 Å². The number of nitro groups is 1. The van der Waals surface area contributed by atoms with E-state index in [-0.39, 0.29) is 11.6 Å². The Morgan fingerprint density at radius 2 is 1.67 bits per heavy atom. The Morgan fingerprint density at radius 1 is 1.00 bits per heavy atom. The first-order chi connectivity index (χ1) is 14.5. The van der Waals surface area contributed by atoms with Crippen molar-refractivity contribution in [2.45, 2.75) is 0 Å². The molecule has 0 unspecified atom stereocenters. The normalized spacial score (nSPS) is 14.5. The van der Waals surface area contributed by atoms with Crippen LogP contribution in [-0.4, -0.2) is 68.8 Å². The maximum atomic E-state index is 13.2. The Bertz CT molecular complexity index is 1060. The van der Waals surface area contributed by atoms with Gasteiger partial charge in [0.25, 0.3) is 11.6 Å². The van der Waals surface area contributed by atoms with E-state index in [2.05, 4.69) is 19.9 Å². The average molecular weight is 404 g/mol. The zero-order chi connectivity index (χ0) is 21.1. The van der Waals surface area contributed by atoms with Crippen LogP contribution >= 0.6 is 0 Å². The summed E-state index contributed by atoms with van der Waals surface area (Å²) < 4.78 is 0. The van der Waals surface area contributed by atoms with Gasteiger partial charge in [-0.2, -0.15) is 0 Å². The molecular weight excluding hydrogens is 384 g/mol. The first kappa shape index (κ1) is 19.6. The molecule has 1 aliphatic rings. The number of pyridine rings is 1. The van der Waals surface area contributed by atoms with Crippen LogP contribution in [0.2, 0.25) is 0 Å². The molecule has 0 radical (unpaired) electrons. The van der Waals surface area contributed by atoms with Crippen LogP contribution in [0.15, 0.2) is 55.0 Å². The molecule has 3 aromatic rings. The van der Waals surface area contributed by atoms with Crippen LogP contribution in [0.1, 0.15) is 10.4 Å². The number of carbonyl (C=O) groups is 1. The molecule has 1 amide bonds. The van der Waals surface area contributed by atoms with Gasteiger partial charge in [0.1, 0.15) is 0 Å². The lowest BCUT2D eigenvalue weighted by atomic mass is 10.0. The number of hydrogen-bond acceptors (Lipinski definition) is 7. The summed E-state index contributed by atoms with van der Waals surface area (Å²) in [4.78, 5) is 40.8. The first-order valence-corrected chi connectivity index (χ1v) is 9.53. The number of amides is 1. The number of likely N-dealkylation sites (N-methyl/N-ethyl adjacent to an activating group) is 1. The van der Waals surface area contributed by atoms with Crippen LogP contribution < -0.4 is 0 Å². The second kappa shape index (κ2) is 8.34. The molecule has 2 aromatic heterocycles. The highest BCUT2D eigenvalue weighted by Crippen LogP contribution is 2.27. The molecule has 0 atom stereocenters. The molecule has 1 aliphatic heterocycles. The molecule has 9 nitrogen and oxygen atoms in total. The van der Waals surface area contributed by atoms with Crippen LogP contribution in [0, 0.1) is 10.1 Å². The maximum absolute atomic E-state index is 13.2. The fourth-order valence-corrected chi connectivity index (χ4v) is 3.32. The Balaban J connectivity index is 1.77. The van der Waals surface area contributed by atoms with Crippen LogP contribution in [0.5, 0.6) is 0 Å². The minimum atomic E-state index is -0.456. The van der Waals surface area contributed by atoms with Gasteiger partial charge >= 0.3 is 0 Å². The molecule has 4 rings (SSSR count). The Hall–Kier alpha value is -3.72. The van der Waals surface area contributed by atoms with Crippen molar-refractivity contribution in [3.05, 3.63) is 70.7 Å². The third kappa shape index (κ3) is 4.01. The first-order valence-electron chi connectivity index (χ1n) is 9.53. The molecule has 3 heterocycles. The van der Waals surface area contributed by atoms with Crippen molar-refractivity contribution in [3.63, 3.8) is 0 Å². The number of benzene rings is 1. The molecule has 0 aliphatic carbocycles. The number of nitro benzene ring substituents is 1. The predicted molar refractivity (Wildman–Crippen MR) is 111 cm³/mol. The van der Waals surface area contributed by atoms with Gasteiger partial charge in [0.2, 0.25) is 0 Å².